The molecule has 0 aliphatic carbocycles. The first kappa shape index (κ1) is 19.6. The van der Waals surface area contributed by atoms with Gasteiger partial charge >= 0.3 is 5.97 Å². The van der Waals surface area contributed by atoms with E-state index in [4.69, 9.17) is 9.16 Å². The van der Waals surface area contributed by atoms with Gasteiger partial charge in [-0.1, -0.05) is 41.5 Å². The summed E-state index contributed by atoms with van der Waals surface area (Å²) in [6, 6.07) is 3.52. The van der Waals surface area contributed by atoms with Gasteiger partial charge in [-0.05, 0) is 36.4 Å². The Morgan fingerprint density at radius 2 is 1.55 bits per heavy atom. The van der Waals surface area contributed by atoms with Crippen molar-refractivity contribution in [1.82, 2.24) is 0 Å². The maximum Gasteiger partial charge on any atom is 0.305 e. The lowest BCUT2D eigenvalue weighted by Gasteiger charge is -2.38. The minimum atomic E-state index is -1.59. The Morgan fingerprint density at radius 1 is 1.05 bits per heavy atom. The highest BCUT2D eigenvalue weighted by Crippen LogP contribution is 2.30. The standard InChI is InChI=1S/C16H34O3Si/c1-8-20(9-2,10-3)19-16(13(4)5)14(6)11-12-15(17)18-7/h13-14,16H,8-12H2,1-7H3/t14-,16+/m0/s1. The molecular formula is C16H34O3Si. The first-order valence-electron chi connectivity index (χ1n) is 8.10. The highest BCUT2D eigenvalue weighted by molar-refractivity contribution is 6.73. The number of hydrogen-bond donors (Lipinski definition) is 0. The molecule has 0 saturated heterocycles. The molecule has 0 spiro atoms. The van der Waals surface area contributed by atoms with Crippen LogP contribution in [0.3, 0.4) is 0 Å². The molecule has 0 N–H and O–H groups in total. The van der Waals surface area contributed by atoms with Gasteiger partial charge in [-0.25, -0.2) is 0 Å². The lowest BCUT2D eigenvalue weighted by molar-refractivity contribution is -0.141. The van der Waals surface area contributed by atoms with Gasteiger partial charge in [-0.3, -0.25) is 4.79 Å². The maximum atomic E-state index is 11.3. The molecular weight excluding hydrogens is 268 g/mol. The van der Waals surface area contributed by atoms with E-state index in [0.717, 1.165) is 6.42 Å². The maximum absolute atomic E-state index is 11.3. The van der Waals surface area contributed by atoms with Crippen LogP contribution in [0.4, 0.5) is 0 Å². The summed E-state index contributed by atoms with van der Waals surface area (Å²) in [5.74, 6) is 0.758. The molecule has 0 aliphatic heterocycles. The first-order valence-corrected chi connectivity index (χ1v) is 10.6. The fourth-order valence-electron chi connectivity index (χ4n) is 2.81. The SMILES string of the molecule is CC[Si](CC)(CC)O[C@H](C(C)C)[C@@H](C)CCC(=O)OC. The van der Waals surface area contributed by atoms with Gasteiger partial charge in [-0.2, -0.15) is 0 Å². The Morgan fingerprint density at radius 3 is 1.90 bits per heavy atom. The smallest absolute Gasteiger partial charge is 0.305 e. The fraction of sp³-hybridized carbons (Fsp3) is 0.938. The Labute approximate surface area is 126 Å². The van der Waals surface area contributed by atoms with Crippen molar-refractivity contribution < 1.29 is 14.0 Å². The average Bonchev–Trinajstić information content (AvgIpc) is 2.46. The van der Waals surface area contributed by atoms with E-state index in [0.29, 0.717) is 18.3 Å². The van der Waals surface area contributed by atoms with Gasteiger partial charge in [-0.15, -0.1) is 0 Å². The van der Waals surface area contributed by atoms with Crippen LogP contribution in [0, 0.1) is 11.8 Å². The summed E-state index contributed by atoms with van der Waals surface area (Å²) < 4.78 is 11.4. The molecule has 0 aromatic heterocycles. The van der Waals surface area contributed by atoms with Crippen molar-refractivity contribution in [2.45, 2.75) is 78.6 Å². The monoisotopic (exact) mass is 302 g/mol. The molecule has 0 radical (unpaired) electrons. The summed E-state index contributed by atoms with van der Waals surface area (Å²) in [7, 11) is -0.136. The molecule has 0 rings (SSSR count). The molecule has 3 nitrogen and oxygen atoms in total. The van der Waals surface area contributed by atoms with Crippen molar-refractivity contribution in [3.63, 3.8) is 0 Å². The molecule has 0 bridgehead atoms. The van der Waals surface area contributed by atoms with Gasteiger partial charge in [0.1, 0.15) is 0 Å². The van der Waals surface area contributed by atoms with E-state index in [1.54, 1.807) is 0 Å². The number of esters is 1. The van der Waals surface area contributed by atoms with E-state index >= 15 is 0 Å². The van der Waals surface area contributed by atoms with Crippen molar-refractivity contribution in [1.29, 1.82) is 0 Å². The topological polar surface area (TPSA) is 35.5 Å². The molecule has 0 unspecified atom stereocenters. The minimum absolute atomic E-state index is 0.121. The third-order valence-corrected chi connectivity index (χ3v) is 9.21. The van der Waals surface area contributed by atoms with E-state index in [9.17, 15) is 4.79 Å². The van der Waals surface area contributed by atoms with Crippen LogP contribution in [0.5, 0.6) is 0 Å². The normalized spacial score (nSPS) is 15.2. The summed E-state index contributed by atoms with van der Waals surface area (Å²) in [5.41, 5.74) is 0. The van der Waals surface area contributed by atoms with Gasteiger partial charge in [0.25, 0.3) is 0 Å². The van der Waals surface area contributed by atoms with Crippen molar-refractivity contribution in [2.75, 3.05) is 7.11 Å². The molecule has 2 atom stereocenters. The predicted molar refractivity (Wildman–Crippen MR) is 87.3 cm³/mol. The molecule has 0 saturated carbocycles. The van der Waals surface area contributed by atoms with Gasteiger partial charge in [0.15, 0.2) is 8.32 Å². The Kier molecular flexibility index (Phi) is 9.39. The minimum Gasteiger partial charge on any atom is -0.469 e. The van der Waals surface area contributed by atoms with Crippen LogP contribution >= 0.6 is 0 Å². The van der Waals surface area contributed by atoms with Crippen LogP contribution in [0.25, 0.3) is 0 Å². The Balaban J connectivity index is 4.74. The summed E-state index contributed by atoms with van der Waals surface area (Å²) in [5, 5.41) is 0. The van der Waals surface area contributed by atoms with Crippen LogP contribution in [-0.2, 0) is 14.0 Å². The summed E-state index contributed by atoms with van der Waals surface area (Å²) in [4.78, 5) is 11.3. The van der Waals surface area contributed by atoms with Crippen LogP contribution < -0.4 is 0 Å². The summed E-state index contributed by atoms with van der Waals surface area (Å²) in [6.45, 7) is 13.4. The molecule has 0 aliphatic rings. The number of carbonyl (C=O) groups is 1. The van der Waals surface area contributed by atoms with Crippen LogP contribution in [-0.4, -0.2) is 27.5 Å². The predicted octanol–water partition coefficient (Wildman–Crippen LogP) is 4.62. The summed E-state index contributed by atoms with van der Waals surface area (Å²) >= 11 is 0. The van der Waals surface area contributed by atoms with Crippen molar-refractivity contribution in [3.8, 4) is 0 Å². The highest BCUT2D eigenvalue weighted by atomic mass is 28.4. The third-order valence-electron chi connectivity index (χ3n) is 4.57. The molecule has 4 heteroatoms. The Hall–Kier alpha value is -0.353. The molecule has 0 amide bonds. The van der Waals surface area contributed by atoms with E-state index in [1.807, 2.05) is 0 Å². The van der Waals surface area contributed by atoms with E-state index in [1.165, 1.54) is 25.2 Å². The zero-order valence-corrected chi connectivity index (χ0v) is 15.5. The molecule has 0 aromatic rings. The largest absolute Gasteiger partial charge is 0.469 e. The fourth-order valence-corrected chi connectivity index (χ4v) is 5.89. The number of carbonyl (C=O) groups excluding carboxylic acids is 1. The zero-order valence-electron chi connectivity index (χ0n) is 14.5. The Bertz CT molecular complexity index is 267. The first-order chi connectivity index (χ1) is 9.35. The van der Waals surface area contributed by atoms with E-state index < -0.39 is 8.32 Å². The zero-order chi connectivity index (χ0) is 15.8. The molecule has 0 fully saturated rings. The van der Waals surface area contributed by atoms with E-state index in [-0.39, 0.29) is 12.1 Å². The quantitative estimate of drug-likeness (QED) is 0.436. The molecule has 120 valence electrons. The van der Waals surface area contributed by atoms with E-state index in [2.05, 4.69) is 41.5 Å². The number of rotatable bonds is 10. The van der Waals surface area contributed by atoms with Gasteiger partial charge < -0.3 is 9.16 Å². The van der Waals surface area contributed by atoms with Crippen LogP contribution in [0.1, 0.15) is 54.4 Å². The van der Waals surface area contributed by atoms with Gasteiger partial charge in [0.05, 0.1) is 7.11 Å². The van der Waals surface area contributed by atoms with Crippen molar-refractivity contribution in [3.05, 3.63) is 0 Å². The number of hydrogen-bond acceptors (Lipinski definition) is 3. The number of ether oxygens (including phenoxy) is 1. The van der Waals surface area contributed by atoms with Crippen LogP contribution in [0.2, 0.25) is 18.1 Å². The van der Waals surface area contributed by atoms with Crippen LogP contribution in [0.15, 0.2) is 0 Å². The second-order valence-corrected chi connectivity index (χ2v) is 10.9. The average molecular weight is 303 g/mol. The second kappa shape index (κ2) is 9.56. The van der Waals surface area contributed by atoms with Gasteiger partial charge in [0.2, 0.25) is 0 Å². The lowest BCUT2D eigenvalue weighted by Crippen LogP contribution is -2.44. The lowest BCUT2D eigenvalue weighted by atomic mass is 9.91. The van der Waals surface area contributed by atoms with Crippen molar-refractivity contribution >= 4 is 14.3 Å². The molecule has 20 heavy (non-hydrogen) atoms. The van der Waals surface area contributed by atoms with Gasteiger partial charge in [0, 0.05) is 12.5 Å². The highest BCUT2D eigenvalue weighted by Gasteiger charge is 2.35. The van der Waals surface area contributed by atoms with Crippen molar-refractivity contribution in [2.24, 2.45) is 11.8 Å². The molecule has 0 aromatic carbocycles. The summed E-state index contributed by atoms with van der Waals surface area (Å²) in [6.07, 6.45) is 1.59. The molecule has 0 heterocycles. The number of methoxy groups -OCH3 is 1. The second-order valence-electron chi connectivity index (χ2n) is 6.16. The third kappa shape index (κ3) is 5.96.